The van der Waals surface area contributed by atoms with Crippen LogP contribution in [0.1, 0.15) is 0 Å². The van der Waals surface area contributed by atoms with Gasteiger partial charge < -0.3 is 19.8 Å². The van der Waals surface area contributed by atoms with Gasteiger partial charge in [0.05, 0.1) is 48.5 Å². The summed E-state index contributed by atoms with van der Waals surface area (Å²) in [6.07, 6.45) is -0.104. The molecule has 7 heteroatoms. The largest absolute Gasteiger partial charge is 0.376 e. The molecule has 0 amide bonds. The summed E-state index contributed by atoms with van der Waals surface area (Å²) in [5, 5.41) is 0.0365. The summed E-state index contributed by atoms with van der Waals surface area (Å²) in [5.41, 5.74) is 7.04. The van der Waals surface area contributed by atoms with Gasteiger partial charge in [0.1, 0.15) is 5.82 Å². The van der Waals surface area contributed by atoms with Gasteiger partial charge in [0.15, 0.2) is 0 Å². The molecule has 2 aromatic rings. The number of benzene rings is 1. The van der Waals surface area contributed by atoms with E-state index in [0.29, 0.717) is 43.3 Å². The van der Waals surface area contributed by atoms with E-state index in [1.165, 1.54) is 12.1 Å². The molecular formula is C12H13ClFN3O2. The lowest BCUT2D eigenvalue weighted by atomic mass is 10.3. The first-order chi connectivity index (χ1) is 9.15. The number of nitrogen functional groups attached to an aromatic ring is 1. The van der Waals surface area contributed by atoms with Crippen molar-refractivity contribution in [2.24, 2.45) is 0 Å². The van der Waals surface area contributed by atoms with E-state index in [2.05, 4.69) is 4.98 Å². The molecule has 1 aromatic heterocycles. The van der Waals surface area contributed by atoms with Gasteiger partial charge in [-0.05, 0) is 6.07 Å². The third-order valence-corrected chi connectivity index (χ3v) is 3.38. The highest BCUT2D eigenvalue weighted by molar-refractivity contribution is 6.31. The fourth-order valence-corrected chi connectivity index (χ4v) is 2.33. The molecule has 5 nitrogen and oxygen atoms in total. The van der Waals surface area contributed by atoms with E-state index in [0.717, 1.165) is 0 Å². The topological polar surface area (TPSA) is 62.3 Å². The standard InChI is InChI=1S/C12H13ClFN3O2/c13-8-3-10-11(4-9(8)14)17(12(15)16-10)5-7-6-18-1-2-19-7/h3-4,7H,1-2,5-6H2,(H2,15,16). The maximum Gasteiger partial charge on any atom is 0.201 e. The summed E-state index contributed by atoms with van der Waals surface area (Å²) >= 11 is 5.73. The Bertz CT molecular complexity index is 611. The quantitative estimate of drug-likeness (QED) is 0.914. The molecule has 1 fully saturated rings. The molecule has 102 valence electrons. The minimum absolute atomic E-state index is 0.0365. The van der Waals surface area contributed by atoms with Crippen molar-refractivity contribution >= 4 is 28.6 Å². The smallest absolute Gasteiger partial charge is 0.201 e. The summed E-state index contributed by atoms with van der Waals surface area (Å²) in [6, 6.07) is 2.81. The second kappa shape index (κ2) is 4.96. The summed E-state index contributed by atoms with van der Waals surface area (Å²) in [5.74, 6) is -0.179. The number of halogens is 2. The Hall–Kier alpha value is -1.37. The Kier molecular flexibility index (Phi) is 3.30. The number of nitrogens with zero attached hydrogens (tertiary/aromatic N) is 2. The number of rotatable bonds is 2. The van der Waals surface area contributed by atoms with Crippen molar-refractivity contribution in [2.45, 2.75) is 12.6 Å². The van der Waals surface area contributed by atoms with E-state index in [9.17, 15) is 4.39 Å². The van der Waals surface area contributed by atoms with Crippen LogP contribution in [0.25, 0.3) is 11.0 Å². The van der Waals surface area contributed by atoms with Crippen molar-refractivity contribution in [1.82, 2.24) is 9.55 Å². The molecular weight excluding hydrogens is 273 g/mol. The van der Waals surface area contributed by atoms with E-state index in [1.54, 1.807) is 4.57 Å². The zero-order chi connectivity index (χ0) is 13.4. The molecule has 0 aliphatic carbocycles. The number of ether oxygens (including phenoxy) is 2. The number of hydrogen-bond donors (Lipinski definition) is 1. The Morgan fingerprint density at radius 3 is 3.05 bits per heavy atom. The lowest BCUT2D eigenvalue weighted by Crippen LogP contribution is -2.32. The van der Waals surface area contributed by atoms with Crippen LogP contribution < -0.4 is 5.73 Å². The third kappa shape index (κ3) is 2.39. The van der Waals surface area contributed by atoms with Crippen LogP contribution in [0.4, 0.5) is 10.3 Å². The van der Waals surface area contributed by atoms with Crippen molar-refractivity contribution in [3.63, 3.8) is 0 Å². The van der Waals surface area contributed by atoms with Crippen LogP contribution in [0, 0.1) is 5.82 Å². The lowest BCUT2D eigenvalue weighted by molar-refractivity contribution is -0.0930. The van der Waals surface area contributed by atoms with Crippen molar-refractivity contribution in [2.75, 3.05) is 25.6 Å². The summed E-state index contributed by atoms with van der Waals surface area (Å²) in [7, 11) is 0. The number of nitrogens with two attached hydrogens (primary N) is 1. The van der Waals surface area contributed by atoms with Gasteiger partial charge in [-0.1, -0.05) is 11.6 Å². The minimum atomic E-state index is -0.490. The Morgan fingerprint density at radius 2 is 2.32 bits per heavy atom. The average molecular weight is 286 g/mol. The molecule has 1 aromatic carbocycles. The number of aromatic nitrogens is 2. The highest BCUT2D eigenvalue weighted by Crippen LogP contribution is 2.25. The number of hydrogen-bond acceptors (Lipinski definition) is 4. The lowest BCUT2D eigenvalue weighted by Gasteiger charge is -2.23. The van der Waals surface area contributed by atoms with E-state index < -0.39 is 5.82 Å². The Morgan fingerprint density at radius 1 is 1.47 bits per heavy atom. The van der Waals surface area contributed by atoms with Crippen molar-refractivity contribution in [1.29, 1.82) is 0 Å². The first-order valence-electron chi connectivity index (χ1n) is 5.95. The van der Waals surface area contributed by atoms with Crippen LogP contribution in [0.2, 0.25) is 5.02 Å². The summed E-state index contributed by atoms with van der Waals surface area (Å²) in [6.45, 7) is 2.12. The molecule has 3 rings (SSSR count). The summed E-state index contributed by atoms with van der Waals surface area (Å²) in [4.78, 5) is 4.17. The Balaban J connectivity index is 1.97. The van der Waals surface area contributed by atoms with E-state index >= 15 is 0 Å². The Labute approximate surface area is 114 Å². The first kappa shape index (κ1) is 12.7. The highest BCUT2D eigenvalue weighted by atomic mass is 35.5. The molecule has 0 bridgehead atoms. The van der Waals surface area contributed by atoms with E-state index in [4.69, 9.17) is 26.8 Å². The number of fused-ring (bicyclic) bond motifs is 1. The molecule has 0 saturated carbocycles. The molecule has 19 heavy (non-hydrogen) atoms. The minimum Gasteiger partial charge on any atom is -0.376 e. The second-order valence-electron chi connectivity index (χ2n) is 4.40. The van der Waals surface area contributed by atoms with Gasteiger partial charge in [0, 0.05) is 6.07 Å². The van der Waals surface area contributed by atoms with Crippen LogP contribution in [0.15, 0.2) is 12.1 Å². The third-order valence-electron chi connectivity index (χ3n) is 3.09. The van der Waals surface area contributed by atoms with Gasteiger partial charge >= 0.3 is 0 Å². The maximum absolute atomic E-state index is 13.5. The average Bonchev–Trinajstić information content (AvgIpc) is 2.68. The number of imidazole rings is 1. The van der Waals surface area contributed by atoms with E-state index in [-0.39, 0.29) is 11.1 Å². The summed E-state index contributed by atoms with van der Waals surface area (Å²) < 4.78 is 26.2. The fourth-order valence-electron chi connectivity index (χ4n) is 2.18. The van der Waals surface area contributed by atoms with Crippen LogP contribution in [0.3, 0.4) is 0 Å². The van der Waals surface area contributed by atoms with Gasteiger partial charge in [-0.15, -0.1) is 0 Å². The molecule has 1 saturated heterocycles. The van der Waals surface area contributed by atoms with Crippen molar-refractivity contribution in [3.05, 3.63) is 23.0 Å². The van der Waals surface area contributed by atoms with Crippen molar-refractivity contribution < 1.29 is 13.9 Å². The monoisotopic (exact) mass is 285 g/mol. The van der Waals surface area contributed by atoms with Crippen LogP contribution in [-0.2, 0) is 16.0 Å². The normalized spacial score (nSPS) is 20.0. The molecule has 1 aliphatic rings. The maximum atomic E-state index is 13.5. The number of anilines is 1. The molecule has 1 atom stereocenters. The van der Waals surface area contributed by atoms with Crippen LogP contribution in [-0.4, -0.2) is 35.5 Å². The molecule has 2 N–H and O–H groups in total. The van der Waals surface area contributed by atoms with Crippen LogP contribution in [0.5, 0.6) is 0 Å². The van der Waals surface area contributed by atoms with Gasteiger partial charge in [0.2, 0.25) is 5.95 Å². The zero-order valence-electron chi connectivity index (χ0n) is 10.1. The van der Waals surface area contributed by atoms with E-state index in [1.807, 2.05) is 0 Å². The molecule has 2 heterocycles. The van der Waals surface area contributed by atoms with Gasteiger partial charge in [-0.25, -0.2) is 9.37 Å². The predicted octanol–water partition coefficient (Wildman–Crippen LogP) is 1.83. The second-order valence-corrected chi connectivity index (χ2v) is 4.81. The van der Waals surface area contributed by atoms with Gasteiger partial charge in [-0.2, -0.15) is 0 Å². The fraction of sp³-hybridized carbons (Fsp3) is 0.417. The highest BCUT2D eigenvalue weighted by Gasteiger charge is 2.19. The van der Waals surface area contributed by atoms with Crippen molar-refractivity contribution in [3.8, 4) is 0 Å². The zero-order valence-corrected chi connectivity index (χ0v) is 10.9. The van der Waals surface area contributed by atoms with Crippen LogP contribution >= 0.6 is 11.6 Å². The van der Waals surface area contributed by atoms with Gasteiger partial charge in [0.25, 0.3) is 0 Å². The first-order valence-corrected chi connectivity index (χ1v) is 6.33. The van der Waals surface area contributed by atoms with Gasteiger partial charge in [-0.3, -0.25) is 0 Å². The molecule has 1 unspecified atom stereocenters. The SMILES string of the molecule is Nc1nc2cc(Cl)c(F)cc2n1CC1COCCO1. The molecule has 0 spiro atoms. The molecule has 1 aliphatic heterocycles. The molecule has 0 radical (unpaired) electrons. The predicted molar refractivity (Wildman–Crippen MR) is 69.7 cm³/mol.